The molecule has 2 nitrogen and oxygen atoms in total. The summed E-state index contributed by atoms with van der Waals surface area (Å²) < 4.78 is 0. The largest absolute Gasteiger partial charge is 0.231 e. The average molecular weight is 272 g/mol. The molecule has 100 valence electrons. The molecule has 0 spiro atoms. The Morgan fingerprint density at radius 3 is 2.37 bits per heavy atom. The third-order valence-electron chi connectivity index (χ3n) is 5.70. The summed E-state index contributed by atoms with van der Waals surface area (Å²) in [5.41, 5.74) is 1.25. The first-order chi connectivity index (χ1) is 9.25. The maximum absolute atomic E-state index is 8.84. The van der Waals surface area contributed by atoms with E-state index in [1.54, 1.807) is 11.3 Å². The van der Waals surface area contributed by atoms with Crippen LogP contribution < -0.4 is 0 Å². The molecule has 1 aromatic rings. The molecule has 0 N–H and O–H groups in total. The van der Waals surface area contributed by atoms with Crippen molar-refractivity contribution in [1.82, 2.24) is 4.98 Å². The van der Waals surface area contributed by atoms with Gasteiger partial charge in [0.25, 0.3) is 0 Å². The SMILES string of the molecule is N#Cc1csc(CCC23CC4CC(CC(C4)C2)C3)n1. The second-order valence-electron chi connectivity index (χ2n) is 7.16. The second-order valence-corrected chi connectivity index (χ2v) is 8.10. The van der Waals surface area contributed by atoms with Crippen LogP contribution in [0.25, 0.3) is 0 Å². The quantitative estimate of drug-likeness (QED) is 0.828. The van der Waals surface area contributed by atoms with Gasteiger partial charge in [0.05, 0.1) is 5.01 Å². The van der Waals surface area contributed by atoms with Gasteiger partial charge >= 0.3 is 0 Å². The Balaban J connectivity index is 1.46. The minimum Gasteiger partial charge on any atom is -0.231 e. The van der Waals surface area contributed by atoms with E-state index in [9.17, 15) is 0 Å². The van der Waals surface area contributed by atoms with Crippen LogP contribution in [0.5, 0.6) is 0 Å². The zero-order chi connectivity index (χ0) is 12.9. The molecule has 0 aliphatic heterocycles. The van der Waals surface area contributed by atoms with E-state index >= 15 is 0 Å². The molecule has 4 saturated carbocycles. The number of rotatable bonds is 3. The molecule has 3 heteroatoms. The van der Waals surface area contributed by atoms with Gasteiger partial charge in [-0.2, -0.15) is 5.26 Å². The van der Waals surface area contributed by atoms with E-state index in [0.717, 1.165) is 24.2 Å². The predicted octanol–water partition coefficient (Wildman–Crippen LogP) is 4.16. The van der Waals surface area contributed by atoms with Gasteiger partial charge in [0.2, 0.25) is 0 Å². The molecule has 4 fully saturated rings. The summed E-state index contributed by atoms with van der Waals surface area (Å²) in [6.07, 6.45) is 11.4. The number of aromatic nitrogens is 1. The van der Waals surface area contributed by atoms with Crippen LogP contribution in [-0.2, 0) is 6.42 Å². The van der Waals surface area contributed by atoms with Gasteiger partial charge in [-0.15, -0.1) is 11.3 Å². The molecule has 0 atom stereocenters. The van der Waals surface area contributed by atoms with Crippen LogP contribution >= 0.6 is 11.3 Å². The number of nitrogens with zero attached hydrogens (tertiary/aromatic N) is 2. The Bertz CT molecular complexity index is 490. The summed E-state index contributed by atoms with van der Waals surface area (Å²) in [5.74, 6) is 3.12. The number of aryl methyl sites for hydroxylation is 1. The van der Waals surface area contributed by atoms with Crippen molar-refractivity contribution in [1.29, 1.82) is 5.26 Å². The van der Waals surface area contributed by atoms with Gasteiger partial charge in [-0.1, -0.05) is 0 Å². The van der Waals surface area contributed by atoms with E-state index in [0.29, 0.717) is 11.1 Å². The van der Waals surface area contributed by atoms with E-state index in [2.05, 4.69) is 11.1 Å². The van der Waals surface area contributed by atoms with Crippen LogP contribution in [-0.4, -0.2) is 4.98 Å². The summed E-state index contributed by atoms with van der Waals surface area (Å²) in [6, 6.07) is 2.14. The van der Waals surface area contributed by atoms with Gasteiger partial charge < -0.3 is 0 Å². The molecule has 0 unspecified atom stereocenters. The fourth-order valence-corrected chi connectivity index (χ4v) is 6.17. The minimum atomic E-state index is 0.602. The molecule has 4 aliphatic rings. The van der Waals surface area contributed by atoms with Gasteiger partial charge in [-0.3, -0.25) is 0 Å². The first-order valence-corrected chi connectivity index (χ1v) is 8.47. The van der Waals surface area contributed by atoms with Crippen molar-refractivity contribution in [3.05, 3.63) is 16.1 Å². The Hall–Kier alpha value is -0.880. The van der Waals surface area contributed by atoms with Gasteiger partial charge in [0.15, 0.2) is 5.69 Å². The van der Waals surface area contributed by atoms with E-state index in [-0.39, 0.29) is 0 Å². The molecule has 0 radical (unpaired) electrons. The van der Waals surface area contributed by atoms with E-state index < -0.39 is 0 Å². The summed E-state index contributed by atoms with van der Waals surface area (Å²) >= 11 is 1.67. The highest BCUT2D eigenvalue weighted by Gasteiger charge is 2.50. The van der Waals surface area contributed by atoms with Crippen LogP contribution in [0.3, 0.4) is 0 Å². The van der Waals surface area contributed by atoms with Gasteiger partial charge in [0.1, 0.15) is 6.07 Å². The maximum Gasteiger partial charge on any atom is 0.151 e. The topological polar surface area (TPSA) is 36.7 Å². The Labute approximate surface area is 118 Å². The monoisotopic (exact) mass is 272 g/mol. The highest BCUT2D eigenvalue weighted by atomic mass is 32.1. The molecule has 1 aromatic heterocycles. The number of hydrogen-bond acceptors (Lipinski definition) is 3. The van der Waals surface area contributed by atoms with Crippen LogP contribution in [0, 0.1) is 34.5 Å². The van der Waals surface area contributed by atoms with E-state index in [1.807, 2.05) is 5.38 Å². The zero-order valence-corrected chi connectivity index (χ0v) is 12.1. The highest BCUT2D eigenvalue weighted by molar-refractivity contribution is 7.09. The molecular weight excluding hydrogens is 252 g/mol. The lowest BCUT2D eigenvalue weighted by atomic mass is 9.48. The van der Waals surface area contributed by atoms with Crippen LogP contribution in [0.4, 0.5) is 0 Å². The fraction of sp³-hybridized carbons (Fsp3) is 0.750. The molecule has 1 heterocycles. The molecule has 5 rings (SSSR count). The smallest absolute Gasteiger partial charge is 0.151 e. The number of thiazole rings is 1. The first kappa shape index (κ1) is 11.9. The second kappa shape index (κ2) is 4.31. The van der Waals surface area contributed by atoms with Gasteiger partial charge in [-0.05, 0) is 74.5 Å². The van der Waals surface area contributed by atoms with Crippen LogP contribution in [0.1, 0.15) is 55.6 Å². The van der Waals surface area contributed by atoms with Crippen molar-refractivity contribution in [3.63, 3.8) is 0 Å². The molecular formula is C16H20N2S. The lowest BCUT2D eigenvalue weighted by Crippen LogP contribution is -2.46. The van der Waals surface area contributed by atoms with Crippen molar-refractivity contribution in [2.75, 3.05) is 0 Å². The average Bonchev–Trinajstić information content (AvgIpc) is 2.83. The predicted molar refractivity (Wildman–Crippen MR) is 75.8 cm³/mol. The summed E-state index contributed by atoms with van der Waals surface area (Å²) in [6.45, 7) is 0. The van der Waals surface area contributed by atoms with Crippen molar-refractivity contribution in [3.8, 4) is 6.07 Å². The van der Waals surface area contributed by atoms with Gasteiger partial charge in [-0.25, -0.2) is 4.98 Å². The summed E-state index contributed by atoms with van der Waals surface area (Å²) in [5, 5.41) is 11.9. The molecule has 0 saturated heterocycles. The molecule has 0 amide bonds. The van der Waals surface area contributed by atoms with Gasteiger partial charge in [0, 0.05) is 5.38 Å². The molecule has 4 bridgehead atoms. The third-order valence-corrected chi connectivity index (χ3v) is 6.61. The van der Waals surface area contributed by atoms with Crippen molar-refractivity contribution in [2.45, 2.75) is 51.4 Å². The summed E-state index contributed by atoms with van der Waals surface area (Å²) in [4.78, 5) is 4.40. The van der Waals surface area contributed by atoms with Crippen molar-refractivity contribution < 1.29 is 0 Å². The van der Waals surface area contributed by atoms with Crippen molar-refractivity contribution in [2.24, 2.45) is 23.2 Å². The van der Waals surface area contributed by atoms with Crippen LogP contribution in [0.2, 0.25) is 0 Å². The maximum atomic E-state index is 8.84. The van der Waals surface area contributed by atoms with Crippen molar-refractivity contribution >= 4 is 11.3 Å². The third kappa shape index (κ3) is 2.10. The zero-order valence-electron chi connectivity index (χ0n) is 11.3. The van der Waals surface area contributed by atoms with E-state index in [4.69, 9.17) is 5.26 Å². The normalized spacial score (nSPS) is 39.4. The minimum absolute atomic E-state index is 0.602. The van der Waals surface area contributed by atoms with E-state index in [1.165, 1.54) is 50.0 Å². The summed E-state index contributed by atoms with van der Waals surface area (Å²) in [7, 11) is 0. The first-order valence-electron chi connectivity index (χ1n) is 7.59. The Morgan fingerprint density at radius 2 is 1.84 bits per heavy atom. The Kier molecular flexibility index (Phi) is 2.70. The lowest BCUT2D eigenvalue weighted by molar-refractivity contribution is -0.0569. The fourth-order valence-electron chi connectivity index (χ4n) is 5.45. The lowest BCUT2D eigenvalue weighted by Gasteiger charge is -2.57. The number of nitriles is 1. The molecule has 19 heavy (non-hydrogen) atoms. The highest BCUT2D eigenvalue weighted by Crippen LogP contribution is 2.61. The Morgan fingerprint density at radius 1 is 1.21 bits per heavy atom. The number of hydrogen-bond donors (Lipinski definition) is 0. The van der Waals surface area contributed by atoms with Crippen LogP contribution in [0.15, 0.2) is 5.38 Å². The molecule has 4 aliphatic carbocycles. The standard InChI is InChI=1S/C16H20N2S/c17-9-14-10-19-15(18-14)1-2-16-6-11-3-12(7-16)5-13(4-11)8-16/h10-13H,1-8H2. The molecule has 0 aromatic carbocycles.